The Kier molecular flexibility index (Phi) is 5.26. The van der Waals surface area contributed by atoms with Gasteiger partial charge in [-0.1, -0.05) is 48.5 Å². The minimum absolute atomic E-state index is 0.0632. The molecule has 142 valence electrons. The molecule has 0 aliphatic heterocycles. The highest BCUT2D eigenvalue weighted by atomic mass is 127. The molecule has 0 bridgehead atoms. The quantitative estimate of drug-likeness (QED) is 0.394. The maximum Gasteiger partial charge on any atom is 0.407 e. The van der Waals surface area contributed by atoms with Crippen LogP contribution in [-0.2, 0) is 11.3 Å². The van der Waals surface area contributed by atoms with Gasteiger partial charge in [0.1, 0.15) is 6.61 Å². The molecule has 1 aliphatic carbocycles. The molecule has 3 aromatic rings. The molecular formula is C23H21IN2O2. The smallest absolute Gasteiger partial charge is 0.407 e. The van der Waals surface area contributed by atoms with E-state index in [9.17, 15) is 4.79 Å². The molecule has 28 heavy (non-hydrogen) atoms. The minimum atomic E-state index is -0.418. The van der Waals surface area contributed by atoms with E-state index in [2.05, 4.69) is 52.2 Å². The lowest BCUT2D eigenvalue weighted by molar-refractivity contribution is 0.142. The van der Waals surface area contributed by atoms with Crippen molar-refractivity contribution < 1.29 is 9.53 Å². The van der Waals surface area contributed by atoms with Crippen LogP contribution in [0.15, 0.2) is 60.7 Å². The number of halogens is 1. The molecule has 1 amide bonds. The summed E-state index contributed by atoms with van der Waals surface area (Å²) >= 11 is 2.25. The number of nitrogens with one attached hydrogen (secondary N) is 1. The first-order chi connectivity index (χ1) is 13.5. The summed E-state index contributed by atoms with van der Waals surface area (Å²) in [6.45, 7) is 2.73. The Labute approximate surface area is 178 Å². The zero-order valence-electron chi connectivity index (χ0n) is 15.5. The average molecular weight is 484 g/mol. The Hall–Kier alpha value is -2.54. The first-order valence-corrected chi connectivity index (χ1v) is 10.3. The van der Waals surface area contributed by atoms with Crippen LogP contribution in [0, 0.1) is 10.5 Å². The Morgan fingerprint density at radius 1 is 1.07 bits per heavy atom. The number of alkyl carbamates (subject to hydrolysis) is 1. The Bertz CT molecular complexity index is 1000. The Morgan fingerprint density at radius 3 is 2.32 bits per heavy atom. The number of anilines is 1. The molecule has 3 N–H and O–H groups in total. The van der Waals surface area contributed by atoms with E-state index in [-0.39, 0.29) is 5.92 Å². The van der Waals surface area contributed by atoms with Gasteiger partial charge in [-0.3, -0.25) is 0 Å². The molecule has 0 radical (unpaired) electrons. The van der Waals surface area contributed by atoms with Crippen molar-refractivity contribution in [3.8, 4) is 11.1 Å². The number of nitrogens with two attached hydrogens (primary N) is 1. The van der Waals surface area contributed by atoms with Crippen molar-refractivity contribution in [2.75, 3.05) is 12.3 Å². The number of carbonyl (C=O) groups excluding carboxylic acids is 1. The van der Waals surface area contributed by atoms with E-state index in [1.54, 1.807) is 0 Å². The summed E-state index contributed by atoms with van der Waals surface area (Å²) < 4.78 is 6.66. The normalized spacial score (nSPS) is 12.4. The lowest BCUT2D eigenvalue weighted by Crippen LogP contribution is -2.26. The molecule has 0 spiro atoms. The molecule has 3 aromatic carbocycles. The summed E-state index contributed by atoms with van der Waals surface area (Å²) in [4.78, 5) is 12.3. The maximum absolute atomic E-state index is 12.3. The lowest BCUT2D eigenvalue weighted by Gasteiger charge is -2.15. The van der Waals surface area contributed by atoms with Crippen LogP contribution in [-0.4, -0.2) is 12.7 Å². The molecule has 0 heterocycles. The zero-order chi connectivity index (χ0) is 19.7. The molecule has 0 fully saturated rings. The van der Waals surface area contributed by atoms with Crippen LogP contribution in [0.5, 0.6) is 0 Å². The predicted octanol–water partition coefficient (Wildman–Crippen LogP) is 5.22. The van der Waals surface area contributed by atoms with Gasteiger partial charge in [-0.15, -0.1) is 0 Å². The number of benzene rings is 3. The number of ether oxygens (including phenoxy) is 1. The van der Waals surface area contributed by atoms with E-state index in [1.807, 2.05) is 43.3 Å². The standard InChI is InChI=1S/C23H21IN2O2/c1-14-15(10-16(25)11-22(14)24)12-26-23(27)28-13-21-19-8-4-2-6-17(19)18-7-3-5-9-20(18)21/h2-11,21H,12-13,25H2,1H3,(H,26,27). The highest BCUT2D eigenvalue weighted by Gasteiger charge is 2.28. The number of amides is 1. The summed E-state index contributed by atoms with van der Waals surface area (Å²) in [7, 11) is 0. The SMILES string of the molecule is Cc1c(I)cc(N)cc1CNC(=O)OCC1c2ccccc2-c2ccccc21. The van der Waals surface area contributed by atoms with Gasteiger partial charge in [0, 0.05) is 21.7 Å². The third-order valence-corrected chi connectivity index (χ3v) is 6.36. The van der Waals surface area contributed by atoms with Gasteiger partial charge >= 0.3 is 6.09 Å². The van der Waals surface area contributed by atoms with Crippen molar-refractivity contribution in [1.29, 1.82) is 0 Å². The van der Waals surface area contributed by atoms with E-state index in [4.69, 9.17) is 10.5 Å². The van der Waals surface area contributed by atoms with Gasteiger partial charge in [0.15, 0.2) is 0 Å². The van der Waals surface area contributed by atoms with Gasteiger partial charge in [0.25, 0.3) is 0 Å². The molecule has 4 rings (SSSR count). The largest absolute Gasteiger partial charge is 0.449 e. The fraction of sp³-hybridized carbons (Fsp3) is 0.174. The molecule has 0 unspecified atom stereocenters. The second-order valence-electron chi connectivity index (χ2n) is 6.97. The van der Waals surface area contributed by atoms with Crippen molar-refractivity contribution in [3.05, 3.63) is 86.5 Å². The molecule has 0 atom stereocenters. The van der Waals surface area contributed by atoms with Crippen LogP contribution < -0.4 is 11.1 Å². The van der Waals surface area contributed by atoms with Crippen molar-refractivity contribution in [2.45, 2.75) is 19.4 Å². The van der Waals surface area contributed by atoms with E-state index in [0.717, 1.165) is 14.7 Å². The van der Waals surface area contributed by atoms with Crippen LogP contribution in [0.1, 0.15) is 28.2 Å². The molecule has 1 aliphatic rings. The van der Waals surface area contributed by atoms with E-state index in [1.165, 1.54) is 22.3 Å². The number of rotatable bonds is 4. The number of hydrogen-bond donors (Lipinski definition) is 2. The predicted molar refractivity (Wildman–Crippen MR) is 120 cm³/mol. The molecule has 0 saturated carbocycles. The van der Waals surface area contributed by atoms with Crippen molar-refractivity contribution in [3.63, 3.8) is 0 Å². The fourth-order valence-electron chi connectivity index (χ4n) is 3.76. The van der Waals surface area contributed by atoms with E-state index >= 15 is 0 Å². The lowest BCUT2D eigenvalue weighted by atomic mass is 9.98. The first-order valence-electron chi connectivity index (χ1n) is 9.18. The number of carbonyl (C=O) groups is 1. The van der Waals surface area contributed by atoms with Crippen molar-refractivity contribution in [1.82, 2.24) is 5.32 Å². The summed E-state index contributed by atoms with van der Waals surface area (Å²) in [6, 6.07) is 20.4. The minimum Gasteiger partial charge on any atom is -0.449 e. The Balaban J connectivity index is 1.43. The molecule has 5 heteroatoms. The first kappa shape index (κ1) is 18.8. The van der Waals surface area contributed by atoms with Gasteiger partial charge in [-0.2, -0.15) is 0 Å². The number of hydrogen-bond acceptors (Lipinski definition) is 3. The molecule has 0 saturated heterocycles. The summed E-state index contributed by atoms with van der Waals surface area (Å²) in [6.07, 6.45) is -0.418. The van der Waals surface area contributed by atoms with E-state index < -0.39 is 6.09 Å². The van der Waals surface area contributed by atoms with Crippen LogP contribution >= 0.6 is 22.6 Å². The van der Waals surface area contributed by atoms with Gasteiger partial charge in [-0.25, -0.2) is 4.79 Å². The van der Waals surface area contributed by atoms with Crippen molar-refractivity contribution >= 4 is 34.4 Å². The third kappa shape index (κ3) is 3.58. The van der Waals surface area contributed by atoms with Gasteiger partial charge in [0.2, 0.25) is 0 Å². The van der Waals surface area contributed by atoms with Gasteiger partial charge in [0.05, 0.1) is 0 Å². The maximum atomic E-state index is 12.3. The highest BCUT2D eigenvalue weighted by molar-refractivity contribution is 14.1. The topological polar surface area (TPSA) is 64.3 Å². The van der Waals surface area contributed by atoms with Crippen molar-refractivity contribution in [2.24, 2.45) is 0 Å². The second kappa shape index (κ2) is 7.83. The number of nitrogen functional groups attached to an aromatic ring is 1. The van der Waals surface area contributed by atoms with Gasteiger partial charge < -0.3 is 15.8 Å². The highest BCUT2D eigenvalue weighted by Crippen LogP contribution is 2.44. The molecule has 0 aromatic heterocycles. The zero-order valence-corrected chi connectivity index (χ0v) is 17.7. The number of fused-ring (bicyclic) bond motifs is 3. The van der Waals surface area contributed by atoms with Crippen LogP contribution in [0.3, 0.4) is 0 Å². The fourth-order valence-corrected chi connectivity index (χ4v) is 4.47. The molecule has 4 nitrogen and oxygen atoms in total. The van der Waals surface area contributed by atoms with Crippen LogP contribution in [0.25, 0.3) is 11.1 Å². The van der Waals surface area contributed by atoms with Crippen LogP contribution in [0.4, 0.5) is 10.5 Å². The summed E-state index contributed by atoms with van der Waals surface area (Å²) in [5.41, 5.74) is 13.6. The van der Waals surface area contributed by atoms with Gasteiger partial charge in [-0.05, 0) is 75.0 Å². The monoisotopic (exact) mass is 484 g/mol. The molecular weight excluding hydrogens is 463 g/mol. The second-order valence-corrected chi connectivity index (χ2v) is 8.13. The third-order valence-electron chi connectivity index (χ3n) is 5.24. The van der Waals surface area contributed by atoms with Crippen LogP contribution in [0.2, 0.25) is 0 Å². The summed E-state index contributed by atoms with van der Waals surface area (Å²) in [5.74, 6) is 0.0632. The summed E-state index contributed by atoms with van der Waals surface area (Å²) in [5, 5.41) is 2.85. The average Bonchev–Trinajstić information content (AvgIpc) is 3.02. The van der Waals surface area contributed by atoms with E-state index in [0.29, 0.717) is 18.8 Å². The Morgan fingerprint density at radius 2 is 1.68 bits per heavy atom.